The molecule has 122 valence electrons. The Morgan fingerprint density at radius 1 is 1.14 bits per heavy atom. The first-order chi connectivity index (χ1) is 10.1. The van der Waals surface area contributed by atoms with E-state index in [2.05, 4.69) is 10.0 Å². The van der Waals surface area contributed by atoms with Gasteiger partial charge in [0, 0.05) is 12.1 Å². The molecule has 0 fully saturated rings. The number of carboxylic acids is 1. The summed E-state index contributed by atoms with van der Waals surface area (Å²) >= 11 is 0. The number of sulfonamides is 1. The van der Waals surface area contributed by atoms with Gasteiger partial charge in [0.25, 0.3) is 5.91 Å². The van der Waals surface area contributed by atoms with Gasteiger partial charge in [-0.1, -0.05) is 13.8 Å². The Bertz CT molecular complexity index is 638. The van der Waals surface area contributed by atoms with Crippen LogP contribution in [0.25, 0.3) is 0 Å². The van der Waals surface area contributed by atoms with Gasteiger partial charge in [-0.3, -0.25) is 9.59 Å². The fourth-order valence-electron chi connectivity index (χ4n) is 1.49. The Balaban J connectivity index is 2.82. The van der Waals surface area contributed by atoms with E-state index in [1.165, 1.54) is 31.2 Å². The number of nitrogens with one attached hydrogen (secondary N) is 2. The topological polar surface area (TPSA) is 113 Å². The number of hydrogen-bond donors (Lipinski definition) is 3. The average molecular weight is 328 g/mol. The third kappa shape index (κ3) is 5.12. The van der Waals surface area contributed by atoms with Gasteiger partial charge < -0.3 is 10.4 Å². The number of rotatable bonds is 7. The van der Waals surface area contributed by atoms with E-state index in [0.717, 1.165) is 0 Å². The second-order valence-electron chi connectivity index (χ2n) is 5.30. The molecule has 8 heteroatoms. The van der Waals surface area contributed by atoms with Crippen molar-refractivity contribution in [3.8, 4) is 0 Å². The van der Waals surface area contributed by atoms with E-state index in [1.807, 2.05) is 13.8 Å². The van der Waals surface area contributed by atoms with Gasteiger partial charge >= 0.3 is 5.97 Å². The average Bonchev–Trinajstić information content (AvgIpc) is 2.45. The number of carboxylic acid groups (broad SMARTS) is 1. The summed E-state index contributed by atoms with van der Waals surface area (Å²) in [7, 11) is -3.61. The van der Waals surface area contributed by atoms with Gasteiger partial charge in [0.2, 0.25) is 10.0 Å². The number of aliphatic carboxylic acids is 1. The molecule has 1 aromatic rings. The number of carbonyl (C=O) groups excluding carboxylic acids is 1. The molecule has 0 bridgehead atoms. The highest BCUT2D eigenvalue weighted by molar-refractivity contribution is 7.89. The van der Waals surface area contributed by atoms with Crippen LogP contribution in [-0.2, 0) is 14.8 Å². The Hall–Kier alpha value is -1.93. The molecular formula is C14H20N2O5S. The third-order valence-corrected chi connectivity index (χ3v) is 4.27. The standard InChI is InChI=1S/C14H20N2O5S/c1-9(2)8-15-22(20,21)12-6-4-11(5-7-12)13(17)16-10(3)14(18)19/h4-7,9-10,15H,8H2,1-3H3,(H,16,17)(H,18,19). The van der Waals surface area contributed by atoms with Crippen LogP contribution in [0.5, 0.6) is 0 Å². The zero-order valence-electron chi connectivity index (χ0n) is 12.7. The molecule has 22 heavy (non-hydrogen) atoms. The largest absolute Gasteiger partial charge is 0.480 e. The molecule has 0 aliphatic carbocycles. The minimum absolute atomic E-state index is 0.0518. The van der Waals surface area contributed by atoms with E-state index in [-0.39, 0.29) is 16.4 Å². The molecule has 0 aliphatic rings. The van der Waals surface area contributed by atoms with E-state index in [4.69, 9.17) is 5.11 Å². The smallest absolute Gasteiger partial charge is 0.325 e. The molecule has 3 N–H and O–H groups in total. The summed E-state index contributed by atoms with van der Waals surface area (Å²) in [6.45, 7) is 5.44. The molecule has 1 rings (SSSR count). The Labute approximate surface area is 129 Å². The summed E-state index contributed by atoms with van der Waals surface area (Å²) in [6, 6.07) is 4.27. The van der Waals surface area contributed by atoms with Gasteiger partial charge in [0.1, 0.15) is 6.04 Å². The first kappa shape index (κ1) is 18.1. The monoisotopic (exact) mass is 328 g/mol. The van der Waals surface area contributed by atoms with Crippen LogP contribution in [0.3, 0.4) is 0 Å². The van der Waals surface area contributed by atoms with Crippen molar-refractivity contribution in [1.82, 2.24) is 10.0 Å². The van der Waals surface area contributed by atoms with Crippen molar-refractivity contribution in [3.05, 3.63) is 29.8 Å². The molecule has 0 spiro atoms. The SMILES string of the molecule is CC(C)CNS(=O)(=O)c1ccc(C(=O)NC(C)C(=O)O)cc1. The van der Waals surface area contributed by atoms with Crippen LogP contribution in [0.1, 0.15) is 31.1 Å². The van der Waals surface area contributed by atoms with Crippen molar-refractivity contribution in [1.29, 1.82) is 0 Å². The van der Waals surface area contributed by atoms with Crippen LogP contribution in [0, 0.1) is 5.92 Å². The van der Waals surface area contributed by atoms with Crippen LogP contribution in [0.15, 0.2) is 29.2 Å². The molecule has 0 aromatic heterocycles. The summed E-state index contributed by atoms with van der Waals surface area (Å²) in [5.74, 6) is -1.54. The van der Waals surface area contributed by atoms with Crippen molar-refractivity contribution in [2.24, 2.45) is 5.92 Å². The summed E-state index contributed by atoms with van der Waals surface area (Å²) in [4.78, 5) is 22.5. The van der Waals surface area contributed by atoms with Crippen LogP contribution in [-0.4, -0.2) is 38.0 Å². The highest BCUT2D eigenvalue weighted by atomic mass is 32.2. The maximum atomic E-state index is 12.0. The number of amides is 1. The van der Waals surface area contributed by atoms with Gasteiger partial charge in [-0.15, -0.1) is 0 Å². The molecule has 1 unspecified atom stereocenters. The molecule has 0 heterocycles. The highest BCUT2D eigenvalue weighted by Crippen LogP contribution is 2.11. The molecule has 0 aliphatic heterocycles. The van der Waals surface area contributed by atoms with E-state index in [9.17, 15) is 18.0 Å². The van der Waals surface area contributed by atoms with Crippen LogP contribution < -0.4 is 10.0 Å². The fourth-order valence-corrected chi connectivity index (χ4v) is 2.70. The lowest BCUT2D eigenvalue weighted by Crippen LogP contribution is -2.38. The molecule has 1 amide bonds. The van der Waals surface area contributed by atoms with Crippen molar-refractivity contribution in [2.75, 3.05) is 6.54 Å². The predicted molar refractivity (Wildman–Crippen MR) is 81.0 cm³/mol. The summed E-state index contributed by atoms with van der Waals surface area (Å²) in [5, 5.41) is 11.0. The predicted octanol–water partition coefficient (Wildman–Crippen LogP) is 0.824. The van der Waals surface area contributed by atoms with Crippen LogP contribution in [0.2, 0.25) is 0 Å². The number of carbonyl (C=O) groups is 2. The van der Waals surface area contributed by atoms with Gasteiger partial charge in [-0.05, 0) is 37.1 Å². The van der Waals surface area contributed by atoms with Gasteiger partial charge in [0.15, 0.2) is 0 Å². The molecular weight excluding hydrogens is 308 g/mol. The highest BCUT2D eigenvalue weighted by Gasteiger charge is 2.17. The molecule has 7 nitrogen and oxygen atoms in total. The first-order valence-corrected chi connectivity index (χ1v) is 8.25. The molecule has 1 atom stereocenters. The Morgan fingerprint density at radius 3 is 2.14 bits per heavy atom. The van der Waals surface area contributed by atoms with Crippen molar-refractivity contribution >= 4 is 21.9 Å². The maximum Gasteiger partial charge on any atom is 0.325 e. The van der Waals surface area contributed by atoms with Crippen molar-refractivity contribution in [2.45, 2.75) is 31.7 Å². The summed E-state index contributed by atoms with van der Waals surface area (Å²) in [5.41, 5.74) is 0.191. The number of benzene rings is 1. The van der Waals surface area contributed by atoms with E-state index < -0.39 is 27.9 Å². The lowest BCUT2D eigenvalue weighted by molar-refractivity contribution is -0.138. The van der Waals surface area contributed by atoms with Crippen molar-refractivity contribution < 1.29 is 23.1 Å². The third-order valence-electron chi connectivity index (χ3n) is 2.83. The van der Waals surface area contributed by atoms with E-state index in [1.54, 1.807) is 0 Å². The second-order valence-corrected chi connectivity index (χ2v) is 7.07. The molecule has 1 aromatic carbocycles. The van der Waals surface area contributed by atoms with E-state index in [0.29, 0.717) is 6.54 Å². The minimum atomic E-state index is -3.61. The van der Waals surface area contributed by atoms with Crippen LogP contribution >= 0.6 is 0 Å². The molecule has 0 saturated carbocycles. The maximum absolute atomic E-state index is 12.0. The Morgan fingerprint density at radius 2 is 1.68 bits per heavy atom. The first-order valence-electron chi connectivity index (χ1n) is 6.77. The fraction of sp³-hybridized carbons (Fsp3) is 0.429. The minimum Gasteiger partial charge on any atom is -0.480 e. The zero-order valence-corrected chi connectivity index (χ0v) is 13.5. The normalized spacial score (nSPS) is 12.9. The lowest BCUT2D eigenvalue weighted by atomic mass is 10.2. The lowest BCUT2D eigenvalue weighted by Gasteiger charge is -2.11. The quantitative estimate of drug-likeness (QED) is 0.686. The van der Waals surface area contributed by atoms with Gasteiger partial charge in [-0.2, -0.15) is 0 Å². The van der Waals surface area contributed by atoms with Crippen molar-refractivity contribution in [3.63, 3.8) is 0 Å². The number of hydrogen-bond acceptors (Lipinski definition) is 4. The van der Waals surface area contributed by atoms with E-state index >= 15 is 0 Å². The summed E-state index contributed by atoms with van der Waals surface area (Å²) in [6.07, 6.45) is 0. The summed E-state index contributed by atoms with van der Waals surface area (Å²) < 4.78 is 26.5. The van der Waals surface area contributed by atoms with Crippen LogP contribution in [0.4, 0.5) is 0 Å². The second kappa shape index (κ2) is 7.37. The molecule has 0 radical (unpaired) electrons. The zero-order chi connectivity index (χ0) is 16.9. The molecule has 0 saturated heterocycles. The Kier molecular flexibility index (Phi) is 6.07. The van der Waals surface area contributed by atoms with Gasteiger partial charge in [-0.25, -0.2) is 13.1 Å². The van der Waals surface area contributed by atoms with Gasteiger partial charge in [0.05, 0.1) is 4.90 Å².